The number of aromatic nitrogens is 4. The van der Waals surface area contributed by atoms with Crippen LogP contribution in [0, 0.1) is 6.92 Å². The number of aliphatic imine (C=N–C) groups is 1. The van der Waals surface area contributed by atoms with E-state index in [2.05, 4.69) is 38.7 Å². The molecule has 0 saturated carbocycles. The Morgan fingerprint density at radius 2 is 2.20 bits per heavy atom. The normalized spacial score (nSPS) is 19.9. The fourth-order valence-corrected chi connectivity index (χ4v) is 3.59. The molecule has 2 aliphatic heterocycles. The molecule has 134 valence electrons. The summed E-state index contributed by atoms with van der Waals surface area (Å²) in [5, 5.41) is 7.79. The zero-order valence-electron chi connectivity index (χ0n) is 15.3. The van der Waals surface area contributed by atoms with Crippen molar-refractivity contribution in [2.24, 2.45) is 12.0 Å². The summed E-state index contributed by atoms with van der Waals surface area (Å²) in [4.78, 5) is 11.6. The number of nitrogens with zero attached hydrogens (tertiary/aromatic N) is 6. The lowest BCUT2D eigenvalue weighted by molar-refractivity contribution is 0.208. The van der Waals surface area contributed by atoms with Gasteiger partial charge in [-0.3, -0.25) is 4.68 Å². The molecule has 4 heterocycles. The van der Waals surface area contributed by atoms with Crippen LogP contribution in [0.4, 0.5) is 5.82 Å². The average Bonchev–Trinajstić information content (AvgIpc) is 3.30. The minimum absolute atomic E-state index is 0.171. The second kappa shape index (κ2) is 6.18. The highest BCUT2D eigenvalue weighted by molar-refractivity contribution is 5.99. The summed E-state index contributed by atoms with van der Waals surface area (Å²) < 4.78 is 10.3. The second-order valence-electron chi connectivity index (χ2n) is 6.66. The van der Waals surface area contributed by atoms with Crippen molar-refractivity contribution < 1.29 is 4.74 Å². The number of hydrogen-bond acceptors (Lipinski definition) is 6. The Hall–Kier alpha value is -2.35. The summed E-state index contributed by atoms with van der Waals surface area (Å²) in [6.45, 7) is 7.46. The van der Waals surface area contributed by atoms with E-state index in [1.54, 1.807) is 0 Å². The molecule has 1 unspecified atom stereocenters. The van der Waals surface area contributed by atoms with Gasteiger partial charge in [0.2, 0.25) is 5.90 Å². The summed E-state index contributed by atoms with van der Waals surface area (Å²) in [6.07, 6.45) is 3.07. The molecule has 2 aliphatic rings. The van der Waals surface area contributed by atoms with E-state index in [-0.39, 0.29) is 6.10 Å². The van der Waals surface area contributed by atoms with Crippen LogP contribution in [-0.2, 0) is 18.3 Å². The number of fused-ring (bicyclic) bond motifs is 1. The lowest BCUT2D eigenvalue weighted by atomic mass is 10.2. The Bertz CT molecular complexity index is 813. The van der Waals surface area contributed by atoms with E-state index < -0.39 is 0 Å². The zero-order valence-corrected chi connectivity index (χ0v) is 15.3. The number of ether oxygens (including phenoxy) is 1. The molecule has 8 nitrogen and oxygen atoms in total. The summed E-state index contributed by atoms with van der Waals surface area (Å²) in [5.74, 6) is 2.59. The van der Waals surface area contributed by atoms with Crippen LogP contribution in [-0.4, -0.2) is 58.1 Å². The molecule has 0 amide bonds. The van der Waals surface area contributed by atoms with Crippen LogP contribution in [0.15, 0.2) is 11.2 Å². The van der Waals surface area contributed by atoms with Crippen molar-refractivity contribution in [3.63, 3.8) is 0 Å². The number of nitrogens with one attached hydrogen (secondary N) is 1. The van der Waals surface area contributed by atoms with Crippen LogP contribution < -0.4 is 10.2 Å². The van der Waals surface area contributed by atoms with Gasteiger partial charge in [-0.15, -0.1) is 0 Å². The maximum absolute atomic E-state index is 6.15. The largest absolute Gasteiger partial charge is 0.472 e. The van der Waals surface area contributed by atoms with Crippen LogP contribution in [0.5, 0.6) is 0 Å². The van der Waals surface area contributed by atoms with Gasteiger partial charge in [-0.2, -0.15) is 5.10 Å². The van der Waals surface area contributed by atoms with E-state index in [0.717, 1.165) is 54.6 Å². The maximum atomic E-state index is 6.15. The minimum atomic E-state index is 0.171. The van der Waals surface area contributed by atoms with E-state index in [0.29, 0.717) is 12.6 Å². The third-order valence-electron chi connectivity index (χ3n) is 4.99. The number of hydrogen-bond donors (Lipinski definition) is 1. The predicted octanol–water partition coefficient (Wildman–Crippen LogP) is 1.14. The zero-order chi connectivity index (χ0) is 17.6. The van der Waals surface area contributed by atoms with Gasteiger partial charge in [0, 0.05) is 32.9 Å². The van der Waals surface area contributed by atoms with Crippen molar-refractivity contribution in [2.75, 3.05) is 31.7 Å². The summed E-state index contributed by atoms with van der Waals surface area (Å²) in [6, 6.07) is 0. The summed E-state index contributed by atoms with van der Waals surface area (Å²) in [5.41, 5.74) is 2.99. The van der Waals surface area contributed by atoms with Crippen LogP contribution in [0.1, 0.15) is 24.7 Å². The molecule has 1 N–H and O–H groups in total. The van der Waals surface area contributed by atoms with E-state index in [1.165, 1.54) is 0 Å². The molecule has 25 heavy (non-hydrogen) atoms. The van der Waals surface area contributed by atoms with Crippen LogP contribution in [0.2, 0.25) is 0 Å². The highest BCUT2D eigenvalue weighted by Crippen LogP contribution is 2.32. The van der Waals surface area contributed by atoms with Gasteiger partial charge in [0.1, 0.15) is 24.4 Å². The van der Waals surface area contributed by atoms with Crippen molar-refractivity contribution in [3.8, 4) is 11.4 Å². The standard InChI is InChI=1S/C17H25N7O/c1-5-24-11(2)13(9-20-24)15-21-14-16(25-12-6-7-18-8-12)19-10-22(3)17(14)23(15)4/h9,12,18H,5-8,10H2,1-4H3. The molecular weight excluding hydrogens is 318 g/mol. The van der Waals surface area contributed by atoms with E-state index in [9.17, 15) is 0 Å². The van der Waals surface area contributed by atoms with Gasteiger partial charge in [-0.05, 0) is 26.8 Å². The first kappa shape index (κ1) is 16.1. The Balaban J connectivity index is 1.74. The Morgan fingerprint density at radius 3 is 2.88 bits per heavy atom. The lowest BCUT2D eigenvalue weighted by Crippen LogP contribution is -2.31. The number of aryl methyl sites for hydroxylation is 1. The fourth-order valence-electron chi connectivity index (χ4n) is 3.59. The molecule has 0 aromatic carbocycles. The van der Waals surface area contributed by atoms with Gasteiger partial charge in [0.05, 0.1) is 11.8 Å². The molecule has 0 aliphatic carbocycles. The first-order valence-electron chi connectivity index (χ1n) is 8.83. The Morgan fingerprint density at radius 1 is 1.36 bits per heavy atom. The van der Waals surface area contributed by atoms with Gasteiger partial charge in [0.15, 0.2) is 5.69 Å². The van der Waals surface area contributed by atoms with Crippen molar-refractivity contribution >= 4 is 11.7 Å². The van der Waals surface area contributed by atoms with E-state index >= 15 is 0 Å². The molecule has 0 radical (unpaired) electrons. The van der Waals surface area contributed by atoms with Gasteiger partial charge in [-0.1, -0.05) is 0 Å². The van der Waals surface area contributed by atoms with Crippen molar-refractivity contribution in [1.29, 1.82) is 0 Å². The Labute approximate surface area is 147 Å². The fraction of sp³-hybridized carbons (Fsp3) is 0.588. The Kier molecular flexibility index (Phi) is 3.99. The maximum Gasteiger partial charge on any atom is 0.241 e. The van der Waals surface area contributed by atoms with E-state index in [1.807, 2.05) is 25.0 Å². The van der Waals surface area contributed by atoms with Crippen LogP contribution >= 0.6 is 0 Å². The molecule has 4 rings (SSSR count). The molecule has 1 fully saturated rings. The summed E-state index contributed by atoms with van der Waals surface area (Å²) >= 11 is 0. The topological polar surface area (TPSA) is 72.5 Å². The molecule has 2 aromatic heterocycles. The van der Waals surface area contributed by atoms with Crippen molar-refractivity contribution in [3.05, 3.63) is 17.6 Å². The molecular formula is C17H25N7O. The third kappa shape index (κ3) is 2.60. The highest BCUT2D eigenvalue weighted by Gasteiger charge is 2.30. The number of rotatable bonds is 3. The third-order valence-corrected chi connectivity index (χ3v) is 4.99. The molecule has 0 spiro atoms. The minimum Gasteiger partial charge on any atom is -0.472 e. The van der Waals surface area contributed by atoms with E-state index in [4.69, 9.17) is 9.72 Å². The number of imidazole rings is 1. The van der Waals surface area contributed by atoms with Crippen molar-refractivity contribution in [1.82, 2.24) is 24.6 Å². The first-order valence-corrected chi connectivity index (χ1v) is 8.83. The van der Waals surface area contributed by atoms with Gasteiger partial charge >= 0.3 is 0 Å². The van der Waals surface area contributed by atoms with Crippen molar-refractivity contribution in [2.45, 2.75) is 32.9 Å². The SMILES string of the molecule is CCn1ncc(-c2nc3c(n2C)N(C)CN=C3OC2CCNC2)c1C. The molecule has 8 heteroatoms. The number of anilines is 1. The predicted molar refractivity (Wildman–Crippen MR) is 97.0 cm³/mol. The lowest BCUT2D eigenvalue weighted by Gasteiger charge is -2.25. The van der Waals surface area contributed by atoms with Gasteiger partial charge in [-0.25, -0.2) is 9.98 Å². The monoisotopic (exact) mass is 343 g/mol. The molecule has 0 bridgehead atoms. The molecule has 2 aromatic rings. The smallest absolute Gasteiger partial charge is 0.241 e. The van der Waals surface area contributed by atoms with Crippen LogP contribution in [0.25, 0.3) is 11.4 Å². The second-order valence-corrected chi connectivity index (χ2v) is 6.66. The van der Waals surface area contributed by atoms with Gasteiger partial charge in [0.25, 0.3) is 0 Å². The summed E-state index contributed by atoms with van der Waals surface area (Å²) in [7, 11) is 4.07. The highest BCUT2D eigenvalue weighted by atomic mass is 16.5. The van der Waals surface area contributed by atoms with Crippen LogP contribution in [0.3, 0.4) is 0 Å². The average molecular weight is 343 g/mol. The molecule has 1 atom stereocenters. The molecule has 1 saturated heterocycles. The quantitative estimate of drug-likeness (QED) is 0.905. The first-order chi connectivity index (χ1) is 12.1. The van der Waals surface area contributed by atoms with Gasteiger partial charge < -0.3 is 19.5 Å².